The van der Waals surface area contributed by atoms with Gasteiger partial charge in [-0.05, 0) is 41.8 Å². The molecule has 5 nitrogen and oxygen atoms in total. The number of carbonyl (C=O) groups excluding carboxylic acids is 1. The van der Waals surface area contributed by atoms with Crippen molar-refractivity contribution >= 4 is 11.9 Å². The predicted molar refractivity (Wildman–Crippen MR) is 84.9 cm³/mol. The number of ether oxygens (including phenoxy) is 2. The molecule has 1 N–H and O–H groups in total. The Bertz CT molecular complexity index is 691. The smallest absolute Gasteiger partial charge is 0.337 e. The number of benzene rings is 2. The highest BCUT2D eigenvalue weighted by atomic mass is 16.5. The van der Waals surface area contributed by atoms with Crippen molar-refractivity contribution in [2.45, 2.75) is 12.3 Å². The zero-order chi connectivity index (χ0) is 16.8. The second-order valence-electron chi connectivity index (χ2n) is 5.06. The molecule has 0 saturated carbocycles. The van der Waals surface area contributed by atoms with Crippen LogP contribution in [-0.4, -0.2) is 31.3 Å². The van der Waals surface area contributed by atoms with Gasteiger partial charge in [0.15, 0.2) is 0 Å². The van der Waals surface area contributed by atoms with Gasteiger partial charge in [0.25, 0.3) is 0 Å². The normalized spacial score (nSPS) is 11.6. The lowest BCUT2D eigenvalue weighted by Gasteiger charge is -2.14. The third-order valence-corrected chi connectivity index (χ3v) is 3.61. The lowest BCUT2D eigenvalue weighted by molar-refractivity contribution is -0.138. The molecule has 0 amide bonds. The fourth-order valence-electron chi connectivity index (χ4n) is 2.34. The summed E-state index contributed by atoms with van der Waals surface area (Å²) in [5, 5.41) is 9.52. The standard InChI is InChI=1S/C18H18O5/c1-22-15-5-3-4-14(11-15)16(17(19)20)10-12-6-8-13(9-7-12)18(21)23-2/h3-9,11,16H,10H2,1-2H3,(H,19,20). The number of rotatable bonds is 6. The molecule has 0 spiro atoms. The summed E-state index contributed by atoms with van der Waals surface area (Å²) in [4.78, 5) is 23.0. The van der Waals surface area contributed by atoms with Crippen LogP contribution in [0.3, 0.4) is 0 Å². The Hall–Kier alpha value is -2.82. The molecule has 0 heterocycles. The van der Waals surface area contributed by atoms with Crippen molar-refractivity contribution in [1.82, 2.24) is 0 Å². The number of carboxylic acids is 1. The van der Waals surface area contributed by atoms with Crippen molar-refractivity contribution in [2.24, 2.45) is 0 Å². The highest BCUT2D eigenvalue weighted by Crippen LogP contribution is 2.25. The van der Waals surface area contributed by atoms with E-state index < -0.39 is 17.9 Å². The van der Waals surface area contributed by atoms with E-state index in [0.717, 1.165) is 5.56 Å². The van der Waals surface area contributed by atoms with E-state index in [1.807, 2.05) is 0 Å². The fourth-order valence-corrected chi connectivity index (χ4v) is 2.34. The van der Waals surface area contributed by atoms with Crippen LogP contribution in [0.5, 0.6) is 5.75 Å². The van der Waals surface area contributed by atoms with E-state index in [9.17, 15) is 14.7 Å². The second kappa shape index (κ2) is 7.45. The maximum absolute atomic E-state index is 11.6. The van der Waals surface area contributed by atoms with Gasteiger partial charge in [0.1, 0.15) is 5.75 Å². The number of carbonyl (C=O) groups is 2. The van der Waals surface area contributed by atoms with E-state index in [4.69, 9.17) is 4.74 Å². The molecular formula is C18H18O5. The predicted octanol–water partition coefficient (Wildman–Crippen LogP) is 2.89. The van der Waals surface area contributed by atoms with Crippen LogP contribution in [0.25, 0.3) is 0 Å². The molecule has 0 fully saturated rings. The Morgan fingerprint density at radius 3 is 2.35 bits per heavy atom. The second-order valence-corrected chi connectivity index (χ2v) is 5.06. The number of methoxy groups -OCH3 is 2. The maximum atomic E-state index is 11.6. The Labute approximate surface area is 134 Å². The molecule has 0 aromatic heterocycles. The van der Waals surface area contributed by atoms with Crippen molar-refractivity contribution in [3.63, 3.8) is 0 Å². The molecule has 5 heteroatoms. The minimum Gasteiger partial charge on any atom is -0.497 e. The molecule has 1 atom stereocenters. The van der Waals surface area contributed by atoms with Gasteiger partial charge in [0.05, 0.1) is 25.7 Å². The van der Waals surface area contributed by atoms with Crippen molar-refractivity contribution in [3.8, 4) is 5.75 Å². The summed E-state index contributed by atoms with van der Waals surface area (Å²) in [6.07, 6.45) is 0.323. The lowest BCUT2D eigenvalue weighted by Crippen LogP contribution is -2.14. The van der Waals surface area contributed by atoms with Gasteiger partial charge in [-0.2, -0.15) is 0 Å². The van der Waals surface area contributed by atoms with Crippen LogP contribution in [0.2, 0.25) is 0 Å². The van der Waals surface area contributed by atoms with Gasteiger partial charge >= 0.3 is 11.9 Å². The lowest BCUT2D eigenvalue weighted by atomic mass is 9.91. The topological polar surface area (TPSA) is 72.8 Å². The van der Waals surface area contributed by atoms with Crippen LogP contribution in [0.4, 0.5) is 0 Å². The van der Waals surface area contributed by atoms with E-state index in [0.29, 0.717) is 23.3 Å². The summed E-state index contributed by atoms with van der Waals surface area (Å²) in [5.41, 5.74) is 1.94. The number of carboxylic acid groups (broad SMARTS) is 1. The summed E-state index contributed by atoms with van der Waals surface area (Å²) in [7, 11) is 2.86. The molecule has 0 saturated heterocycles. The maximum Gasteiger partial charge on any atom is 0.337 e. The number of hydrogen-bond donors (Lipinski definition) is 1. The molecule has 0 bridgehead atoms. The van der Waals surface area contributed by atoms with Crippen LogP contribution >= 0.6 is 0 Å². The molecule has 120 valence electrons. The molecular weight excluding hydrogens is 296 g/mol. The van der Waals surface area contributed by atoms with Gasteiger partial charge < -0.3 is 14.6 Å². The van der Waals surface area contributed by atoms with Crippen molar-refractivity contribution < 1.29 is 24.2 Å². The Morgan fingerprint density at radius 1 is 1.09 bits per heavy atom. The summed E-state index contributed by atoms with van der Waals surface area (Å²) in [6.45, 7) is 0. The van der Waals surface area contributed by atoms with Gasteiger partial charge in [-0.25, -0.2) is 4.79 Å². The first kappa shape index (κ1) is 16.5. The highest BCUT2D eigenvalue weighted by Gasteiger charge is 2.21. The van der Waals surface area contributed by atoms with E-state index >= 15 is 0 Å². The summed E-state index contributed by atoms with van der Waals surface area (Å²) < 4.78 is 9.79. The SMILES string of the molecule is COC(=O)c1ccc(CC(C(=O)O)c2cccc(OC)c2)cc1. The summed E-state index contributed by atoms with van der Waals surface area (Å²) in [6, 6.07) is 13.8. The Morgan fingerprint density at radius 2 is 1.78 bits per heavy atom. The number of aliphatic carboxylic acids is 1. The molecule has 23 heavy (non-hydrogen) atoms. The first-order valence-corrected chi connectivity index (χ1v) is 7.09. The first-order valence-electron chi connectivity index (χ1n) is 7.09. The van der Waals surface area contributed by atoms with Crippen LogP contribution in [0.1, 0.15) is 27.4 Å². The molecule has 2 aromatic carbocycles. The van der Waals surface area contributed by atoms with Gasteiger partial charge in [-0.3, -0.25) is 4.79 Å². The average molecular weight is 314 g/mol. The van der Waals surface area contributed by atoms with Gasteiger partial charge in [0.2, 0.25) is 0 Å². The minimum absolute atomic E-state index is 0.323. The largest absolute Gasteiger partial charge is 0.497 e. The third-order valence-electron chi connectivity index (χ3n) is 3.61. The molecule has 0 aliphatic heterocycles. The molecule has 0 aliphatic carbocycles. The van der Waals surface area contributed by atoms with Gasteiger partial charge in [-0.1, -0.05) is 24.3 Å². The zero-order valence-corrected chi connectivity index (χ0v) is 13.0. The van der Waals surface area contributed by atoms with E-state index in [1.165, 1.54) is 7.11 Å². The van der Waals surface area contributed by atoms with E-state index in [-0.39, 0.29) is 0 Å². The number of hydrogen-bond acceptors (Lipinski definition) is 4. The van der Waals surface area contributed by atoms with Gasteiger partial charge in [0, 0.05) is 0 Å². The van der Waals surface area contributed by atoms with Crippen LogP contribution in [0, 0.1) is 0 Å². The zero-order valence-electron chi connectivity index (χ0n) is 13.0. The van der Waals surface area contributed by atoms with Crippen LogP contribution in [0.15, 0.2) is 48.5 Å². The van der Waals surface area contributed by atoms with E-state index in [2.05, 4.69) is 4.74 Å². The summed E-state index contributed by atoms with van der Waals surface area (Å²) >= 11 is 0. The fraction of sp³-hybridized carbons (Fsp3) is 0.222. The van der Waals surface area contributed by atoms with Crippen LogP contribution < -0.4 is 4.74 Å². The molecule has 0 radical (unpaired) electrons. The van der Waals surface area contributed by atoms with E-state index in [1.54, 1.807) is 55.6 Å². The first-order chi connectivity index (χ1) is 11.0. The monoisotopic (exact) mass is 314 g/mol. The number of esters is 1. The van der Waals surface area contributed by atoms with Crippen molar-refractivity contribution in [1.29, 1.82) is 0 Å². The van der Waals surface area contributed by atoms with Crippen molar-refractivity contribution in [3.05, 3.63) is 65.2 Å². The highest BCUT2D eigenvalue weighted by molar-refractivity contribution is 5.89. The third kappa shape index (κ3) is 4.10. The molecule has 1 unspecified atom stereocenters. The average Bonchev–Trinajstić information content (AvgIpc) is 2.59. The summed E-state index contributed by atoms with van der Waals surface area (Å²) in [5.74, 6) is -1.39. The van der Waals surface area contributed by atoms with Gasteiger partial charge in [-0.15, -0.1) is 0 Å². The molecule has 2 rings (SSSR count). The van der Waals surface area contributed by atoms with Crippen molar-refractivity contribution in [2.75, 3.05) is 14.2 Å². The molecule has 0 aliphatic rings. The minimum atomic E-state index is -0.907. The quantitative estimate of drug-likeness (QED) is 0.830. The van der Waals surface area contributed by atoms with Crippen LogP contribution in [-0.2, 0) is 16.0 Å². The Balaban J connectivity index is 2.22. The molecule has 2 aromatic rings. The Kier molecular flexibility index (Phi) is 5.36.